The highest BCUT2D eigenvalue weighted by Gasteiger charge is 2.13. The zero-order valence-corrected chi connectivity index (χ0v) is 10.8. The molecule has 0 aliphatic carbocycles. The van der Waals surface area contributed by atoms with Gasteiger partial charge in [0.05, 0.1) is 11.9 Å². The minimum atomic E-state index is -0.602. The molecule has 0 fully saturated rings. The number of nitrogens with one attached hydrogen (secondary N) is 1. The Kier molecular flexibility index (Phi) is 4.27. The molecule has 0 radical (unpaired) electrons. The quantitative estimate of drug-likeness (QED) is 0.872. The summed E-state index contributed by atoms with van der Waals surface area (Å²) in [5.41, 5.74) is 6.75. The fraction of sp³-hybridized carbons (Fsp3) is 0.357. The Balaban J connectivity index is 2.29. The van der Waals surface area contributed by atoms with Crippen LogP contribution in [0.25, 0.3) is 11.3 Å². The molecule has 0 aliphatic heterocycles. The van der Waals surface area contributed by atoms with E-state index in [1.54, 1.807) is 6.20 Å². The van der Waals surface area contributed by atoms with Gasteiger partial charge in [-0.05, 0) is 18.6 Å². The molecule has 0 saturated heterocycles. The lowest BCUT2D eigenvalue weighted by Crippen LogP contribution is -2.13. The Hall–Kier alpha value is -1.75. The number of nitrogens with zero attached hydrogens (tertiary/aromatic N) is 1. The summed E-state index contributed by atoms with van der Waals surface area (Å²) in [6, 6.07) is 3.40. The van der Waals surface area contributed by atoms with E-state index in [0.717, 1.165) is 24.7 Å². The lowest BCUT2D eigenvalue weighted by atomic mass is 10.0. The van der Waals surface area contributed by atoms with Crippen LogP contribution in [0.1, 0.15) is 31.5 Å². The van der Waals surface area contributed by atoms with Crippen molar-refractivity contribution in [2.45, 2.75) is 25.7 Å². The maximum atomic E-state index is 13.2. The minimum absolute atomic E-state index is 0.150. The molecule has 2 aromatic rings. The predicted octanol–water partition coefficient (Wildman–Crippen LogP) is 3.20. The second-order valence-corrected chi connectivity index (χ2v) is 4.56. The SMILES string of the molecule is CCCC(CN)c1ncc(-c2cc(F)cc(F)c2)[nH]1. The van der Waals surface area contributed by atoms with E-state index in [9.17, 15) is 8.78 Å². The fourth-order valence-electron chi connectivity index (χ4n) is 2.11. The first-order valence-corrected chi connectivity index (χ1v) is 6.35. The van der Waals surface area contributed by atoms with E-state index in [1.165, 1.54) is 12.1 Å². The van der Waals surface area contributed by atoms with Crippen LogP contribution >= 0.6 is 0 Å². The second kappa shape index (κ2) is 5.93. The number of nitrogens with two attached hydrogens (primary N) is 1. The summed E-state index contributed by atoms with van der Waals surface area (Å²) >= 11 is 0. The highest BCUT2D eigenvalue weighted by atomic mass is 19.1. The predicted molar refractivity (Wildman–Crippen MR) is 70.6 cm³/mol. The largest absolute Gasteiger partial charge is 0.342 e. The number of rotatable bonds is 5. The molecular formula is C14H17F2N3. The summed E-state index contributed by atoms with van der Waals surface area (Å²) < 4.78 is 26.3. The van der Waals surface area contributed by atoms with Crippen molar-refractivity contribution in [3.63, 3.8) is 0 Å². The van der Waals surface area contributed by atoms with Gasteiger partial charge in [-0.15, -0.1) is 0 Å². The molecule has 5 heteroatoms. The van der Waals surface area contributed by atoms with Gasteiger partial charge in [0.1, 0.15) is 17.5 Å². The molecule has 1 unspecified atom stereocenters. The molecule has 1 aromatic carbocycles. The van der Waals surface area contributed by atoms with Gasteiger partial charge in [-0.3, -0.25) is 0 Å². The maximum Gasteiger partial charge on any atom is 0.126 e. The number of hydrogen-bond donors (Lipinski definition) is 2. The van der Waals surface area contributed by atoms with Crippen LogP contribution in [0.15, 0.2) is 24.4 Å². The highest BCUT2D eigenvalue weighted by Crippen LogP contribution is 2.23. The van der Waals surface area contributed by atoms with Gasteiger partial charge in [-0.25, -0.2) is 13.8 Å². The smallest absolute Gasteiger partial charge is 0.126 e. The van der Waals surface area contributed by atoms with Crippen LogP contribution in [0, 0.1) is 11.6 Å². The molecule has 1 aromatic heterocycles. The van der Waals surface area contributed by atoms with E-state index < -0.39 is 11.6 Å². The molecule has 0 bridgehead atoms. The zero-order chi connectivity index (χ0) is 13.8. The van der Waals surface area contributed by atoms with Crippen LogP contribution in [-0.2, 0) is 0 Å². The molecule has 0 saturated carbocycles. The topological polar surface area (TPSA) is 54.7 Å². The second-order valence-electron chi connectivity index (χ2n) is 4.56. The number of H-pyrrole nitrogens is 1. The molecule has 0 spiro atoms. The van der Waals surface area contributed by atoms with Crippen molar-refractivity contribution < 1.29 is 8.78 Å². The van der Waals surface area contributed by atoms with E-state index in [0.29, 0.717) is 17.8 Å². The molecule has 3 nitrogen and oxygen atoms in total. The lowest BCUT2D eigenvalue weighted by Gasteiger charge is -2.09. The van der Waals surface area contributed by atoms with Crippen LogP contribution in [0.4, 0.5) is 8.78 Å². The molecule has 0 aliphatic rings. The Bertz CT molecular complexity index is 531. The van der Waals surface area contributed by atoms with Gasteiger partial charge >= 0.3 is 0 Å². The van der Waals surface area contributed by atoms with Crippen LogP contribution in [-0.4, -0.2) is 16.5 Å². The van der Waals surface area contributed by atoms with Gasteiger partial charge in [0, 0.05) is 24.1 Å². The summed E-state index contributed by atoms with van der Waals surface area (Å²) in [6.07, 6.45) is 3.52. The zero-order valence-electron chi connectivity index (χ0n) is 10.8. The number of aromatic nitrogens is 2. The molecule has 3 N–H and O–H groups in total. The van der Waals surface area contributed by atoms with E-state index in [2.05, 4.69) is 16.9 Å². The van der Waals surface area contributed by atoms with Crippen LogP contribution in [0.3, 0.4) is 0 Å². The third-order valence-corrected chi connectivity index (χ3v) is 3.08. The first-order chi connectivity index (χ1) is 9.13. The number of benzene rings is 1. The van der Waals surface area contributed by atoms with Crippen molar-refractivity contribution in [2.24, 2.45) is 5.73 Å². The van der Waals surface area contributed by atoms with Crippen LogP contribution in [0.5, 0.6) is 0 Å². The van der Waals surface area contributed by atoms with Crippen molar-refractivity contribution in [2.75, 3.05) is 6.54 Å². The normalized spacial score (nSPS) is 12.6. The maximum absolute atomic E-state index is 13.2. The van der Waals surface area contributed by atoms with Gasteiger partial charge < -0.3 is 10.7 Å². The molecule has 0 amide bonds. The Labute approximate surface area is 110 Å². The standard InChI is InChI=1S/C14H17F2N3/c1-2-3-9(7-17)14-18-8-13(19-14)10-4-11(15)6-12(16)5-10/h4-6,8-9H,2-3,7,17H2,1H3,(H,18,19). The molecule has 1 atom stereocenters. The Morgan fingerprint density at radius 3 is 2.53 bits per heavy atom. The third kappa shape index (κ3) is 3.17. The number of halogens is 2. The minimum Gasteiger partial charge on any atom is -0.342 e. The lowest BCUT2D eigenvalue weighted by molar-refractivity contribution is 0.584. The van der Waals surface area contributed by atoms with Gasteiger partial charge in [0.15, 0.2) is 0 Å². The van der Waals surface area contributed by atoms with Gasteiger partial charge in [-0.2, -0.15) is 0 Å². The first kappa shape index (κ1) is 13.7. The van der Waals surface area contributed by atoms with E-state index in [-0.39, 0.29) is 5.92 Å². The molecule has 19 heavy (non-hydrogen) atoms. The van der Waals surface area contributed by atoms with Crippen LogP contribution in [0.2, 0.25) is 0 Å². The van der Waals surface area contributed by atoms with E-state index in [4.69, 9.17) is 5.73 Å². The summed E-state index contributed by atoms with van der Waals surface area (Å²) in [7, 11) is 0. The average Bonchev–Trinajstić information content (AvgIpc) is 2.84. The summed E-state index contributed by atoms with van der Waals surface area (Å²) in [4.78, 5) is 7.36. The molecule has 1 heterocycles. The number of imidazole rings is 1. The molecular weight excluding hydrogens is 248 g/mol. The fourth-order valence-corrected chi connectivity index (χ4v) is 2.11. The van der Waals surface area contributed by atoms with Gasteiger partial charge in [0.25, 0.3) is 0 Å². The summed E-state index contributed by atoms with van der Waals surface area (Å²) in [6.45, 7) is 2.58. The van der Waals surface area contributed by atoms with E-state index in [1.807, 2.05) is 0 Å². The summed E-state index contributed by atoms with van der Waals surface area (Å²) in [5, 5.41) is 0. The third-order valence-electron chi connectivity index (χ3n) is 3.08. The van der Waals surface area contributed by atoms with E-state index >= 15 is 0 Å². The highest BCUT2D eigenvalue weighted by molar-refractivity contribution is 5.58. The number of hydrogen-bond acceptors (Lipinski definition) is 2. The molecule has 2 rings (SSSR count). The van der Waals surface area contributed by atoms with Crippen molar-refractivity contribution >= 4 is 0 Å². The Morgan fingerprint density at radius 1 is 1.26 bits per heavy atom. The average molecular weight is 265 g/mol. The van der Waals surface area contributed by atoms with Crippen molar-refractivity contribution in [3.05, 3.63) is 41.9 Å². The molecule has 102 valence electrons. The van der Waals surface area contributed by atoms with Crippen molar-refractivity contribution in [1.29, 1.82) is 0 Å². The summed E-state index contributed by atoms with van der Waals surface area (Å²) in [5.74, 6) is -0.286. The van der Waals surface area contributed by atoms with Gasteiger partial charge in [0.2, 0.25) is 0 Å². The van der Waals surface area contributed by atoms with Crippen molar-refractivity contribution in [3.8, 4) is 11.3 Å². The Morgan fingerprint density at radius 2 is 1.95 bits per heavy atom. The van der Waals surface area contributed by atoms with Crippen LogP contribution < -0.4 is 5.73 Å². The number of aromatic amines is 1. The van der Waals surface area contributed by atoms with Crippen molar-refractivity contribution in [1.82, 2.24) is 9.97 Å². The van der Waals surface area contributed by atoms with Gasteiger partial charge in [-0.1, -0.05) is 13.3 Å². The monoisotopic (exact) mass is 265 g/mol. The first-order valence-electron chi connectivity index (χ1n) is 6.35.